The van der Waals surface area contributed by atoms with Gasteiger partial charge in [-0.05, 0) is 17.9 Å². The van der Waals surface area contributed by atoms with Crippen LogP contribution in [0.3, 0.4) is 0 Å². The molecule has 1 heterocycles. The summed E-state index contributed by atoms with van der Waals surface area (Å²) in [6, 6.07) is 6.17. The fourth-order valence-electron chi connectivity index (χ4n) is 2.90. The van der Waals surface area contributed by atoms with Crippen LogP contribution in [0.4, 0.5) is 32.0 Å². The Bertz CT molecular complexity index is 914. The molecule has 0 amide bonds. The summed E-state index contributed by atoms with van der Waals surface area (Å²) in [6.07, 6.45) is -10.7. The number of anilines is 1. The molecule has 1 aliphatic heterocycles. The zero-order valence-electron chi connectivity index (χ0n) is 13.3. The van der Waals surface area contributed by atoms with Gasteiger partial charge in [-0.2, -0.15) is 26.3 Å². The molecule has 0 radical (unpaired) electrons. The molecule has 0 saturated carbocycles. The summed E-state index contributed by atoms with van der Waals surface area (Å²) in [5, 5.41) is 2.85. The number of fused-ring (bicyclic) bond motifs is 3. The first-order chi connectivity index (χ1) is 12.0. The molecule has 26 heavy (non-hydrogen) atoms. The lowest BCUT2D eigenvalue weighted by molar-refractivity contribution is -0.0884. The second kappa shape index (κ2) is 6.00. The molecule has 0 bridgehead atoms. The minimum Gasteiger partial charge on any atom is -0.363 e. The molecule has 0 saturated heterocycles. The molecule has 9 heteroatoms. The lowest BCUT2D eigenvalue weighted by Crippen LogP contribution is -2.34. The number of rotatable bonds is 2. The van der Waals surface area contributed by atoms with E-state index >= 15 is 0 Å². The normalized spacial score (nSPS) is 17.5. The summed E-state index contributed by atoms with van der Waals surface area (Å²) >= 11 is 0. The van der Waals surface area contributed by atoms with Crippen LogP contribution in [-0.2, 0) is 0 Å². The minimum absolute atomic E-state index is 0.0218. The summed E-state index contributed by atoms with van der Waals surface area (Å²) in [5.41, 5.74) is -2.66. The standard InChI is InChI=1S/C17H12F6N2O/c1-2-12-24-13-9-6-4-3-5-8(9)10(15(26)17(21,22)23)7-11(13)14(25-12)16(18,19)20/h3-7,12,24H,2H2,1H3. The van der Waals surface area contributed by atoms with Crippen molar-refractivity contribution in [3.8, 4) is 0 Å². The minimum atomic E-state index is -5.21. The summed E-state index contributed by atoms with van der Waals surface area (Å²) in [4.78, 5) is 15.3. The van der Waals surface area contributed by atoms with Crippen molar-refractivity contribution in [1.82, 2.24) is 0 Å². The van der Waals surface area contributed by atoms with Gasteiger partial charge in [-0.3, -0.25) is 9.79 Å². The Labute approximate surface area is 143 Å². The number of aliphatic imine (C=N–C) groups is 1. The average Bonchev–Trinajstić information content (AvgIpc) is 2.57. The fourth-order valence-corrected chi connectivity index (χ4v) is 2.90. The summed E-state index contributed by atoms with van der Waals surface area (Å²) in [6.45, 7) is 1.63. The number of benzene rings is 2. The van der Waals surface area contributed by atoms with E-state index in [1.54, 1.807) is 6.92 Å². The fraction of sp³-hybridized carbons (Fsp3) is 0.294. The van der Waals surface area contributed by atoms with E-state index in [0.29, 0.717) is 6.07 Å². The molecule has 3 nitrogen and oxygen atoms in total. The van der Waals surface area contributed by atoms with Crippen LogP contribution >= 0.6 is 0 Å². The van der Waals surface area contributed by atoms with E-state index in [9.17, 15) is 31.1 Å². The van der Waals surface area contributed by atoms with Crippen molar-refractivity contribution >= 4 is 28.0 Å². The second-order valence-corrected chi connectivity index (χ2v) is 5.76. The van der Waals surface area contributed by atoms with Crippen molar-refractivity contribution in [3.05, 3.63) is 41.5 Å². The van der Waals surface area contributed by atoms with Gasteiger partial charge in [0.1, 0.15) is 6.17 Å². The van der Waals surface area contributed by atoms with Crippen molar-refractivity contribution in [2.75, 3.05) is 5.32 Å². The molecular weight excluding hydrogens is 362 g/mol. The van der Waals surface area contributed by atoms with Crippen LogP contribution in [0.2, 0.25) is 0 Å². The number of ketones is 1. The number of nitrogens with one attached hydrogen (secondary N) is 1. The highest BCUT2D eigenvalue weighted by atomic mass is 19.4. The van der Waals surface area contributed by atoms with E-state index in [2.05, 4.69) is 10.3 Å². The maximum atomic E-state index is 13.4. The van der Waals surface area contributed by atoms with Crippen LogP contribution in [0, 0.1) is 0 Å². The highest BCUT2D eigenvalue weighted by molar-refractivity contribution is 6.21. The quantitative estimate of drug-likeness (QED) is 0.587. The number of alkyl halides is 6. The highest BCUT2D eigenvalue weighted by Gasteiger charge is 2.44. The van der Waals surface area contributed by atoms with Crippen molar-refractivity contribution < 1.29 is 31.1 Å². The number of Topliss-reactive ketones (excluding diaryl/α,β-unsaturated/α-hetero) is 1. The van der Waals surface area contributed by atoms with E-state index in [-0.39, 0.29) is 22.9 Å². The molecule has 0 spiro atoms. The van der Waals surface area contributed by atoms with Gasteiger partial charge in [0, 0.05) is 16.5 Å². The molecular formula is C17H12F6N2O. The van der Waals surface area contributed by atoms with Gasteiger partial charge in [0.15, 0.2) is 5.71 Å². The zero-order valence-corrected chi connectivity index (χ0v) is 13.3. The van der Waals surface area contributed by atoms with Crippen LogP contribution in [0.25, 0.3) is 10.8 Å². The van der Waals surface area contributed by atoms with Gasteiger partial charge in [0.05, 0.1) is 5.69 Å². The SMILES string of the molecule is CCC1N=C(C(F)(F)F)c2cc(C(=O)C(F)(F)F)c3ccccc3c2N1. The Morgan fingerprint density at radius 1 is 1.12 bits per heavy atom. The Hall–Kier alpha value is -2.58. The largest absolute Gasteiger partial charge is 0.454 e. The number of hydrogen-bond acceptors (Lipinski definition) is 3. The van der Waals surface area contributed by atoms with Gasteiger partial charge in [0.25, 0.3) is 5.78 Å². The first-order valence-electron chi connectivity index (χ1n) is 7.63. The van der Waals surface area contributed by atoms with Gasteiger partial charge in [-0.25, -0.2) is 0 Å². The molecule has 138 valence electrons. The maximum Gasteiger partial charge on any atom is 0.454 e. The van der Waals surface area contributed by atoms with Gasteiger partial charge < -0.3 is 5.32 Å². The predicted octanol–water partition coefficient (Wildman–Crippen LogP) is 5.10. The average molecular weight is 374 g/mol. The van der Waals surface area contributed by atoms with Gasteiger partial charge in [-0.1, -0.05) is 31.2 Å². The zero-order chi connectivity index (χ0) is 19.3. The number of carbonyl (C=O) groups excluding carboxylic acids is 1. The Balaban J connectivity index is 2.37. The first-order valence-corrected chi connectivity index (χ1v) is 7.63. The molecule has 1 aliphatic rings. The van der Waals surface area contributed by atoms with Gasteiger partial charge >= 0.3 is 12.4 Å². The maximum absolute atomic E-state index is 13.4. The highest BCUT2D eigenvalue weighted by Crippen LogP contribution is 2.39. The molecule has 0 fully saturated rings. The Kier molecular flexibility index (Phi) is 4.20. The van der Waals surface area contributed by atoms with Crippen molar-refractivity contribution in [2.24, 2.45) is 4.99 Å². The molecule has 1 atom stereocenters. The Morgan fingerprint density at radius 3 is 2.27 bits per heavy atom. The van der Waals surface area contributed by atoms with Crippen LogP contribution < -0.4 is 5.32 Å². The van der Waals surface area contributed by atoms with Crippen LogP contribution in [0.15, 0.2) is 35.3 Å². The monoisotopic (exact) mass is 374 g/mol. The van der Waals surface area contributed by atoms with E-state index in [1.165, 1.54) is 24.3 Å². The first kappa shape index (κ1) is 18.2. The van der Waals surface area contributed by atoms with Gasteiger partial charge in [0.2, 0.25) is 0 Å². The summed E-state index contributed by atoms with van der Waals surface area (Å²) in [7, 11) is 0. The lowest BCUT2D eigenvalue weighted by Gasteiger charge is -2.28. The van der Waals surface area contributed by atoms with Crippen molar-refractivity contribution in [2.45, 2.75) is 31.9 Å². The third kappa shape index (κ3) is 3.02. The third-order valence-electron chi connectivity index (χ3n) is 4.05. The van der Waals surface area contributed by atoms with Gasteiger partial charge in [-0.15, -0.1) is 0 Å². The summed E-state index contributed by atoms with van der Waals surface area (Å²) < 4.78 is 79.1. The van der Waals surface area contributed by atoms with Crippen LogP contribution in [0.5, 0.6) is 0 Å². The molecule has 0 aliphatic carbocycles. The lowest BCUT2D eigenvalue weighted by atomic mass is 9.92. The number of halogens is 6. The van der Waals surface area contributed by atoms with Crippen LogP contribution in [0.1, 0.15) is 29.3 Å². The van der Waals surface area contributed by atoms with E-state index in [0.717, 1.165) is 0 Å². The van der Waals surface area contributed by atoms with E-state index < -0.39 is 41.1 Å². The van der Waals surface area contributed by atoms with Crippen molar-refractivity contribution in [3.63, 3.8) is 0 Å². The molecule has 2 aromatic carbocycles. The van der Waals surface area contributed by atoms with E-state index in [1.807, 2.05) is 0 Å². The number of nitrogens with zero attached hydrogens (tertiary/aromatic N) is 1. The molecule has 2 aromatic rings. The Morgan fingerprint density at radius 2 is 1.73 bits per heavy atom. The predicted molar refractivity (Wildman–Crippen MR) is 84.6 cm³/mol. The number of carbonyl (C=O) groups is 1. The molecule has 1 unspecified atom stereocenters. The topological polar surface area (TPSA) is 41.5 Å². The molecule has 1 N–H and O–H groups in total. The molecule has 3 rings (SSSR count). The summed E-state index contributed by atoms with van der Waals surface area (Å²) in [5.74, 6) is -2.20. The van der Waals surface area contributed by atoms with E-state index in [4.69, 9.17) is 0 Å². The van der Waals surface area contributed by atoms with Crippen LogP contribution in [-0.4, -0.2) is 30.0 Å². The third-order valence-corrected chi connectivity index (χ3v) is 4.05. The number of hydrogen-bond donors (Lipinski definition) is 1. The smallest absolute Gasteiger partial charge is 0.363 e. The van der Waals surface area contributed by atoms with Crippen molar-refractivity contribution in [1.29, 1.82) is 0 Å². The second-order valence-electron chi connectivity index (χ2n) is 5.76. The molecule has 0 aromatic heterocycles.